The molecule has 7 heteroatoms. The van der Waals surface area contributed by atoms with Crippen molar-refractivity contribution in [3.8, 4) is 0 Å². The van der Waals surface area contributed by atoms with Gasteiger partial charge in [-0.1, -0.05) is 0 Å². The quantitative estimate of drug-likeness (QED) is 0.476. The van der Waals surface area contributed by atoms with Crippen LogP contribution in [0.5, 0.6) is 0 Å². The van der Waals surface area contributed by atoms with Crippen molar-refractivity contribution in [2.75, 3.05) is 13.2 Å². The zero-order valence-electron chi connectivity index (χ0n) is 8.92. The number of rotatable bonds is 6. The van der Waals surface area contributed by atoms with Crippen LogP contribution in [-0.4, -0.2) is 50.3 Å². The van der Waals surface area contributed by atoms with Crippen molar-refractivity contribution in [2.45, 2.75) is 12.6 Å². The molecule has 1 heterocycles. The maximum atomic E-state index is 10.8. The highest BCUT2D eigenvalue weighted by Crippen LogP contribution is 2.07. The average Bonchev–Trinajstić information content (AvgIpc) is 2.62. The second kappa shape index (κ2) is 5.59. The van der Waals surface area contributed by atoms with Gasteiger partial charge in [-0.3, -0.25) is 4.68 Å². The van der Waals surface area contributed by atoms with Gasteiger partial charge in [0.2, 0.25) is 0 Å². The maximum Gasteiger partial charge on any atom is 0.339 e. The first kappa shape index (κ1) is 12.6. The van der Waals surface area contributed by atoms with Gasteiger partial charge in [-0.2, -0.15) is 5.10 Å². The maximum absolute atomic E-state index is 10.8. The first-order valence-corrected chi connectivity index (χ1v) is 4.79. The van der Waals surface area contributed by atoms with Crippen LogP contribution < -0.4 is 5.32 Å². The highest BCUT2D eigenvalue weighted by atomic mass is 16.4. The molecule has 16 heavy (non-hydrogen) atoms. The molecule has 0 aliphatic heterocycles. The minimum atomic E-state index is -1.05. The van der Waals surface area contributed by atoms with Crippen molar-refractivity contribution < 1.29 is 20.1 Å². The molecular weight excluding hydrogens is 214 g/mol. The van der Waals surface area contributed by atoms with Crippen LogP contribution in [0.2, 0.25) is 0 Å². The Kier molecular flexibility index (Phi) is 4.41. The Morgan fingerprint density at radius 2 is 2.19 bits per heavy atom. The Balaban J connectivity index is 2.72. The lowest BCUT2D eigenvalue weighted by Crippen LogP contribution is -2.36. The van der Waals surface area contributed by atoms with Crippen LogP contribution in [0, 0.1) is 0 Å². The van der Waals surface area contributed by atoms with Gasteiger partial charge < -0.3 is 20.6 Å². The van der Waals surface area contributed by atoms with E-state index in [1.807, 2.05) is 0 Å². The Morgan fingerprint density at radius 1 is 1.56 bits per heavy atom. The SMILES string of the molecule is Cn1ncc(C(=O)O)c1CNC(CO)CO. The third kappa shape index (κ3) is 2.78. The molecular formula is C9H15N3O4. The summed E-state index contributed by atoms with van der Waals surface area (Å²) in [6.45, 7) is -0.197. The zero-order valence-corrected chi connectivity index (χ0v) is 8.92. The Hall–Kier alpha value is -1.44. The monoisotopic (exact) mass is 229 g/mol. The number of nitrogens with zero attached hydrogens (tertiary/aromatic N) is 2. The molecule has 0 atom stereocenters. The smallest absolute Gasteiger partial charge is 0.339 e. The number of carbonyl (C=O) groups is 1. The molecule has 1 aromatic rings. The van der Waals surface area contributed by atoms with E-state index >= 15 is 0 Å². The van der Waals surface area contributed by atoms with Gasteiger partial charge in [0.15, 0.2) is 0 Å². The first-order chi connectivity index (χ1) is 7.60. The number of carboxylic acids is 1. The van der Waals surface area contributed by atoms with E-state index in [-0.39, 0.29) is 25.3 Å². The summed E-state index contributed by atoms with van der Waals surface area (Å²) in [6, 6.07) is -0.462. The van der Waals surface area contributed by atoms with Crippen molar-refractivity contribution >= 4 is 5.97 Å². The lowest BCUT2D eigenvalue weighted by molar-refractivity contribution is 0.0695. The van der Waals surface area contributed by atoms with Gasteiger partial charge in [0.1, 0.15) is 5.56 Å². The van der Waals surface area contributed by atoms with Crippen molar-refractivity contribution in [2.24, 2.45) is 7.05 Å². The number of hydrogen-bond donors (Lipinski definition) is 4. The second-order valence-electron chi connectivity index (χ2n) is 3.38. The summed E-state index contributed by atoms with van der Waals surface area (Å²) in [5.41, 5.74) is 0.615. The third-order valence-electron chi connectivity index (χ3n) is 2.29. The molecule has 0 fully saturated rings. The standard InChI is InChI=1S/C9H15N3O4/c1-12-8(3-10-6(4-13)5-14)7(2-11-12)9(15)16/h2,6,10,13-14H,3-5H2,1H3,(H,15,16). The summed E-state index contributed by atoms with van der Waals surface area (Å²) in [4.78, 5) is 10.8. The minimum Gasteiger partial charge on any atom is -0.478 e. The zero-order chi connectivity index (χ0) is 12.1. The van der Waals surface area contributed by atoms with Crippen LogP contribution in [0.3, 0.4) is 0 Å². The van der Waals surface area contributed by atoms with E-state index in [9.17, 15) is 4.79 Å². The molecule has 7 nitrogen and oxygen atoms in total. The van der Waals surface area contributed by atoms with E-state index < -0.39 is 12.0 Å². The van der Waals surface area contributed by atoms with E-state index in [2.05, 4.69) is 10.4 Å². The molecule has 0 unspecified atom stereocenters. The predicted molar refractivity (Wildman–Crippen MR) is 55.0 cm³/mol. The Labute approximate surface area is 92.3 Å². The molecule has 0 saturated carbocycles. The molecule has 0 aliphatic rings. The highest BCUT2D eigenvalue weighted by molar-refractivity contribution is 5.88. The van der Waals surface area contributed by atoms with Crippen molar-refractivity contribution in [3.63, 3.8) is 0 Å². The molecule has 0 bridgehead atoms. The number of aromatic carboxylic acids is 1. The molecule has 4 N–H and O–H groups in total. The van der Waals surface area contributed by atoms with E-state index in [1.54, 1.807) is 7.05 Å². The van der Waals surface area contributed by atoms with Crippen LogP contribution in [0.4, 0.5) is 0 Å². The third-order valence-corrected chi connectivity index (χ3v) is 2.29. The van der Waals surface area contributed by atoms with Crippen LogP contribution in [-0.2, 0) is 13.6 Å². The molecule has 0 radical (unpaired) electrons. The summed E-state index contributed by atoms with van der Waals surface area (Å²) in [7, 11) is 1.64. The number of hydrogen-bond acceptors (Lipinski definition) is 5. The van der Waals surface area contributed by atoms with Gasteiger partial charge in [0.05, 0.1) is 31.1 Å². The lowest BCUT2D eigenvalue weighted by Gasteiger charge is -2.13. The average molecular weight is 229 g/mol. The Bertz CT molecular complexity index is 360. The number of aliphatic hydroxyl groups excluding tert-OH is 2. The van der Waals surface area contributed by atoms with E-state index in [1.165, 1.54) is 10.9 Å². The predicted octanol–water partition coefficient (Wildman–Crippen LogP) is -1.44. The molecule has 0 aromatic carbocycles. The normalized spacial score (nSPS) is 11.0. The van der Waals surface area contributed by atoms with E-state index in [0.717, 1.165) is 0 Å². The van der Waals surface area contributed by atoms with Gasteiger partial charge in [0, 0.05) is 13.6 Å². The largest absolute Gasteiger partial charge is 0.478 e. The van der Waals surface area contributed by atoms with Gasteiger partial charge in [0.25, 0.3) is 0 Å². The topological polar surface area (TPSA) is 108 Å². The Morgan fingerprint density at radius 3 is 2.69 bits per heavy atom. The fraction of sp³-hybridized carbons (Fsp3) is 0.556. The van der Waals surface area contributed by atoms with E-state index in [0.29, 0.717) is 5.69 Å². The van der Waals surface area contributed by atoms with Crippen LogP contribution in [0.1, 0.15) is 16.1 Å². The van der Waals surface area contributed by atoms with Crippen molar-refractivity contribution in [3.05, 3.63) is 17.5 Å². The van der Waals surface area contributed by atoms with E-state index in [4.69, 9.17) is 15.3 Å². The number of aromatic nitrogens is 2. The molecule has 90 valence electrons. The molecule has 0 aliphatic carbocycles. The first-order valence-electron chi connectivity index (χ1n) is 4.79. The van der Waals surface area contributed by atoms with Crippen LogP contribution in [0.25, 0.3) is 0 Å². The summed E-state index contributed by atoms with van der Waals surface area (Å²) >= 11 is 0. The molecule has 1 aromatic heterocycles. The fourth-order valence-electron chi connectivity index (χ4n) is 1.28. The summed E-state index contributed by atoms with van der Waals surface area (Å²) in [5, 5.41) is 33.2. The number of carboxylic acid groups (broad SMARTS) is 1. The van der Waals surface area contributed by atoms with Crippen LogP contribution in [0.15, 0.2) is 6.20 Å². The summed E-state index contributed by atoms with van der Waals surface area (Å²) < 4.78 is 1.45. The van der Waals surface area contributed by atoms with Gasteiger partial charge in [-0.05, 0) is 0 Å². The molecule has 1 rings (SSSR count). The second-order valence-corrected chi connectivity index (χ2v) is 3.38. The number of aliphatic hydroxyl groups is 2. The fourth-order valence-corrected chi connectivity index (χ4v) is 1.28. The lowest BCUT2D eigenvalue weighted by atomic mass is 10.2. The molecule has 0 spiro atoms. The summed E-state index contributed by atoms with van der Waals surface area (Å²) in [5.74, 6) is -1.05. The molecule has 0 saturated heterocycles. The minimum absolute atomic E-state index is 0.115. The van der Waals surface area contributed by atoms with Crippen LogP contribution >= 0.6 is 0 Å². The van der Waals surface area contributed by atoms with Crippen molar-refractivity contribution in [1.29, 1.82) is 0 Å². The van der Waals surface area contributed by atoms with Gasteiger partial charge in [-0.25, -0.2) is 4.79 Å². The summed E-state index contributed by atoms with van der Waals surface area (Å²) in [6.07, 6.45) is 1.27. The molecule has 0 amide bonds. The van der Waals surface area contributed by atoms with Crippen molar-refractivity contribution in [1.82, 2.24) is 15.1 Å². The van der Waals surface area contributed by atoms with Gasteiger partial charge >= 0.3 is 5.97 Å². The number of nitrogens with one attached hydrogen (secondary N) is 1. The van der Waals surface area contributed by atoms with Gasteiger partial charge in [-0.15, -0.1) is 0 Å². The number of aryl methyl sites for hydroxylation is 1. The highest BCUT2D eigenvalue weighted by Gasteiger charge is 2.15.